The molecule has 0 unspecified atom stereocenters. The van der Waals surface area contributed by atoms with Crippen LogP contribution in [-0.2, 0) is 11.3 Å². The Bertz CT molecular complexity index is 800. The molecule has 0 aliphatic carbocycles. The van der Waals surface area contributed by atoms with Gasteiger partial charge in [-0.15, -0.1) is 0 Å². The van der Waals surface area contributed by atoms with Crippen LogP contribution in [-0.4, -0.2) is 23.3 Å². The van der Waals surface area contributed by atoms with Crippen LogP contribution in [0.15, 0.2) is 47.4 Å². The number of amides is 1. The average molecular weight is 354 g/mol. The minimum absolute atomic E-state index is 0.00347. The summed E-state index contributed by atoms with van der Waals surface area (Å²) in [4.78, 5) is 23.6. The molecule has 1 aromatic heterocycles. The second-order valence-electron chi connectivity index (χ2n) is 5.43. The van der Waals surface area contributed by atoms with Gasteiger partial charge in [0, 0.05) is 25.2 Å². The van der Waals surface area contributed by atoms with Gasteiger partial charge in [0.25, 0.3) is 5.56 Å². The number of halogens is 3. The maximum absolute atomic E-state index is 12.3. The van der Waals surface area contributed by atoms with E-state index in [0.29, 0.717) is 5.56 Å². The third-order valence-corrected chi connectivity index (χ3v) is 3.28. The van der Waals surface area contributed by atoms with Crippen molar-refractivity contribution in [3.63, 3.8) is 0 Å². The molecule has 1 N–H and O–H groups in total. The molecule has 1 aromatic carbocycles. The molecule has 0 bridgehead atoms. The molecule has 1 heterocycles. The molecular formula is C17H17F3N2O3. The van der Waals surface area contributed by atoms with E-state index in [4.69, 9.17) is 4.74 Å². The van der Waals surface area contributed by atoms with Crippen molar-refractivity contribution < 1.29 is 22.7 Å². The van der Waals surface area contributed by atoms with Crippen LogP contribution in [0.4, 0.5) is 18.9 Å². The van der Waals surface area contributed by atoms with E-state index >= 15 is 0 Å². The van der Waals surface area contributed by atoms with Crippen LogP contribution in [0, 0.1) is 6.92 Å². The first-order valence-electron chi connectivity index (χ1n) is 7.50. The molecule has 2 aromatic rings. The molecule has 0 saturated heterocycles. The molecule has 0 aliphatic heterocycles. The number of carbonyl (C=O) groups is 1. The van der Waals surface area contributed by atoms with Gasteiger partial charge in [-0.25, -0.2) is 0 Å². The number of rotatable bonds is 6. The maximum Gasteiger partial charge on any atom is 0.422 e. The lowest BCUT2D eigenvalue weighted by molar-refractivity contribution is -0.153. The summed E-state index contributed by atoms with van der Waals surface area (Å²) in [5.41, 5.74) is 0.617. The zero-order valence-corrected chi connectivity index (χ0v) is 13.5. The molecule has 0 saturated carbocycles. The number of carbonyl (C=O) groups excluding carboxylic acids is 1. The van der Waals surface area contributed by atoms with Gasteiger partial charge in [0.2, 0.25) is 5.91 Å². The molecule has 0 fully saturated rings. The van der Waals surface area contributed by atoms with Crippen molar-refractivity contribution in [1.29, 1.82) is 0 Å². The number of ether oxygens (including phenoxy) is 1. The molecule has 8 heteroatoms. The second-order valence-corrected chi connectivity index (χ2v) is 5.43. The summed E-state index contributed by atoms with van der Waals surface area (Å²) in [7, 11) is 0. The number of aromatic nitrogens is 1. The fourth-order valence-electron chi connectivity index (χ4n) is 2.09. The molecule has 134 valence electrons. The number of aryl methyl sites for hydroxylation is 2. The zero-order chi connectivity index (χ0) is 18.4. The van der Waals surface area contributed by atoms with Crippen molar-refractivity contribution in [2.24, 2.45) is 0 Å². The van der Waals surface area contributed by atoms with Crippen molar-refractivity contribution in [2.75, 3.05) is 11.9 Å². The molecule has 1 amide bonds. The minimum Gasteiger partial charge on any atom is -0.482 e. The topological polar surface area (TPSA) is 60.3 Å². The predicted octanol–water partition coefficient (Wildman–Crippen LogP) is 3.13. The molecule has 0 radical (unpaired) electrons. The second kappa shape index (κ2) is 7.87. The monoisotopic (exact) mass is 354 g/mol. The molecular weight excluding hydrogens is 337 g/mol. The van der Waals surface area contributed by atoms with E-state index in [0.717, 1.165) is 0 Å². The Morgan fingerprint density at radius 1 is 1.24 bits per heavy atom. The first-order valence-corrected chi connectivity index (χ1v) is 7.50. The van der Waals surface area contributed by atoms with E-state index in [1.807, 2.05) is 0 Å². The fourth-order valence-corrected chi connectivity index (χ4v) is 2.09. The highest BCUT2D eigenvalue weighted by atomic mass is 19.4. The van der Waals surface area contributed by atoms with Crippen LogP contribution < -0.4 is 15.6 Å². The van der Waals surface area contributed by atoms with Gasteiger partial charge in [-0.2, -0.15) is 13.2 Å². The van der Waals surface area contributed by atoms with E-state index in [1.54, 1.807) is 31.3 Å². The van der Waals surface area contributed by atoms with Crippen LogP contribution in [0.5, 0.6) is 5.75 Å². The van der Waals surface area contributed by atoms with Crippen LogP contribution in [0.2, 0.25) is 0 Å². The summed E-state index contributed by atoms with van der Waals surface area (Å²) in [6, 6.07) is 9.19. The summed E-state index contributed by atoms with van der Waals surface area (Å²) in [6.07, 6.45) is -2.92. The van der Waals surface area contributed by atoms with Gasteiger partial charge in [-0.3, -0.25) is 9.59 Å². The van der Waals surface area contributed by atoms with Crippen LogP contribution in [0.3, 0.4) is 0 Å². The first kappa shape index (κ1) is 18.6. The third-order valence-electron chi connectivity index (χ3n) is 3.28. The Kier molecular flexibility index (Phi) is 5.84. The summed E-state index contributed by atoms with van der Waals surface area (Å²) < 4.78 is 43.2. The van der Waals surface area contributed by atoms with Crippen molar-refractivity contribution >= 4 is 11.6 Å². The lowest BCUT2D eigenvalue weighted by atomic mass is 10.2. The van der Waals surface area contributed by atoms with Gasteiger partial charge in [-0.05, 0) is 30.7 Å². The number of nitrogens with one attached hydrogen (secondary N) is 1. The Morgan fingerprint density at radius 3 is 2.68 bits per heavy atom. The quantitative estimate of drug-likeness (QED) is 0.867. The van der Waals surface area contributed by atoms with Gasteiger partial charge in [-0.1, -0.05) is 12.1 Å². The van der Waals surface area contributed by atoms with Gasteiger partial charge < -0.3 is 14.6 Å². The number of alkyl halides is 3. The molecule has 2 rings (SSSR count). The highest BCUT2D eigenvalue weighted by molar-refractivity contribution is 5.92. The summed E-state index contributed by atoms with van der Waals surface area (Å²) in [6.45, 7) is 0.419. The van der Waals surface area contributed by atoms with Gasteiger partial charge >= 0.3 is 6.18 Å². The Hall–Kier alpha value is -2.77. The zero-order valence-electron chi connectivity index (χ0n) is 13.5. The van der Waals surface area contributed by atoms with Crippen molar-refractivity contribution in [3.05, 3.63) is 58.5 Å². The molecule has 0 spiro atoms. The Balaban J connectivity index is 2.02. The number of benzene rings is 1. The maximum atomic E-state index is 12.3. The molecule has 25 heavy (non-hydrogen) atoms. The van der Waals surface area contributed by atoms with Crippen molar-refractivity contribution in [3.8, 4) is 5.75 Å². The van der Waals surface area contributed by atoms with E-state index in [9.17, 15) is 22.8 Å². The number of hydrogen-bond acceptors (Lipinski definition) is 3. The SMILES string of the molecule is Cc1ccc(NC(=O)CCn2ccccc2=O)c(OCC(F)(F)F)c1. The number of nitrogens with zero attached hydrogens (tertiary/aromatic N) is 1. The largest absolute Gasteiger partial charge is 0.482 e. The van der Waals surface area contributed by atoms with Gasteiger partial charge in [0.15, 0.2) is 6.61 Å². The summed E-state index contributed by atoms with van der Waals surface area (Å²) in [5.74, 6) is -0.487. The number of pyridine rings is 1. The lowest BCUT2D eigenvalue weighted by Gasteiger charge is -2.15. The third kappa shape index (κ3) is 5.98. The molecule has 5 nitrogen and oxygen atoms in total. The van der Waals surface area contributed by atoms with E-state index in [2.05, 4.69) is 5.32 Å². The van der Waals surface area contributed by atoms with Crippen LogP contribution in [0.1, 0.15) is 12.0 Å². The van der Waals surface area contributed by atoms with Gasteiger partial charge in [0.1, 0.15) is 5.75 Å². The minimum atomic E-state index is -4.47. The van der Waals surface area contributed by atoms with Crippen molar-refractivity contribution in [2.45, 2.75) is 26.1 Å². The average Bonchev–Trinajstić information content (AvgIpc) is 2.53. The fraction of sp³-hybridized carbons (Fsp3) is 0.294. The van der Waals surface area contributed by atoms with E-state index < -0.39 is 18.7 Å². The molecule has 0 aliphatic rings. The van der Waals surface area contributed by atoms with Crippen LogP contribution >= 0.6 is 0 Å². The number of anilines is 1. The highest BCUT2D eigenvalue weighted by Crippen LogP contribution is 2.28. The predicted molar refractivity (Wildman–Crippen MR) is 86.7 cm³/mol. The summed E-state index contributed by atoms with van der Waals surface area (Å²) >= 11 is 0. The smallest absolute Gasteiger partial charge is 0.422 e. The van der Waals surface area contributed by atoms with Gasteiger partial charge in [0.05, 0.1) is 5.69 Å². The summed E-state index contributed by atoms with van der Waals surface area (Å²) in [5, 5.41) is 2.52. The van der Waals surface area contributed by atoms with Crippen LogP contribution in [0.25, 0.3) is 0 Å². The standard InChI is InChI=1S/C17H17F3N2O3/c1-12-5-6-13(14(10-12)25-11-17(18,19)20)21-15(23)7-9-22-8-3-2-4-16(22)24/h2-6,8,10H,7,9,11H2,1H3,(H,21,23). The Morgan fingerprint density at radius 2 is 2.00 bits per heavy atom. The first-order chi connectivity index (χ1) is 11.7. The highest BCUT2D eigenvalue weighted by Gasteiger charge is 2.29. The molecule has 0 atom stereocenters. The van der Waals surface area contributed by atoms with Crippen molar-refractivity contribution in [1.82, 2.24) is 4.57 Å². The van der Waals surface area contributed by atoms with E-state index in [-0.39, 0.29) is 30.0 Å². The Labute approximate surface area is 142 Å². The normalized spacial score (nSPS) is 11.2. The number of hydrogen-bond donors (Lipinski definition) is 1. The van der Waals surface area contributed by atoms with E-state index in [1.165, 1.54) is 22.8 Å². The lowest BCUT2D eigenvalue weighted by Crippen LogP contribution is -2.22.